The molecule has 2 aromatic carbocycles. The lowest BCUT2D eigenvalue weighted by Gasteiger charge is -2.15. The predicted molar refractivity (Wildman–Crippen MR) is 76.6 cm³/mol. The minimum atomic E-state index is -0.423. The van der Waals surface area contributed by atoms with Crippen molar-refractivity contribution in [3.8, 4) is 5.75 Å². The molecule has 2 rings (SSSR count). The number of methoxy groups -OCH3 is 1. The first-order chi connectivity index (χ1) is 9.04. The van der Waals surface area contributed by atoms with Crippen molar-refractivity contribution in [2.75, 3.05) is 18.2 Å². The number of hydrogen-bond acceptors (Lipinski definition) is 3. The maximum atomic E-state index is 13.4. The maximum Gasteiger partial charge on any atom is 0.148 e. The zero-order chi connectivity index (χ0) is 14.0. The molecule has 0 aromatic heterocycles. The molecule has 0 heterocycles. The highest BCUT2D eigenvalue weighted by atomic mass is 19.1. The van der Waals surface area contributed by atoms with E-state index in [0.29, 0.717) is 5.69 Å². The van der Waals surface area contributed by atoms with E-state index in [4.69, 9.17) is 10.5 Å². The number of ether oxygens (including phenoxy) is 1. The molecule has 19 heavy (non-hydrogen) atoms. The van der Waals surface area contributed by atoms with Gasteiger partial charge >= 0.3 is 0 Å². The van der Waals surface area contributed by atoms with Crippen LogP contribution in [-0.2, 0) is 0 Å². The van der Waals surface area contributed by atoms with Gasteiger partial charge in [0.25, 0.3) is 0 Å². The lowest BCUT2D eigenvalue weighted by atomic mass is 10.1. The number of anilines is 3. The Balaban J connectivity index is 2.39. The lowest BCUT2D eigenvalue weighted by Crippen LogP contribution is -2.01. The van der Waals surface area contributed by atoms with E-state index in [2.05, 4.69) is 5.32 Å². The molecule has 0 amide bonds. The summed E-state index contributed by atoms with van der Waals surface area (Å²) >= 11 is 0. The van der Waals surface area contributed by atoms with Crippen molar-refractivity contribution < 1.29 is 9.13 Å². The molecule has 0 aliphatic heterocycles. The van der Waals surface area contributed by atoms with Crippen molar-refractivity contribution in [1.82, 2.24) is 0 Å². The normalized spacial score (nSPS) is 10.3. The van der Waals surface area contributed by atoms with Gasteiger partial charge in [0.05, 0.1) is 18.5 Å². The molecule has 0 aliphatic carbocycles. The number of benzene rings is 2. The standard InChI is InChI=1S/C15H17FN2O/c1-9-10(2)14(19-3)8-7-12(9)18-13-6-4-5-11(16)15(13)17/h4-8,18H,17H2,1-3H3. The van der Waals surface area contributed by atoms with Gasteiger partial charge in [0, 0.05) is 5.69 Å². The fraction of sp³-hybridized carbons (Fsp3) is 0.200. The summed E-state index contributed by atoms with van der Waals surface area (Å²) in [6.45, 7) is 3.96. The SMILES string of the molecule is COc1ccc(Nc2cccc(F)c2N)c(C)c1C. The number of halogens is 1. The molecule has 4 heteroatoms. The second kappa shape index (κ2) is 5.18. The minimum Gasteiger partial charge on any atom is -0.496 e. The van der Waals surface area contributed by atoms with E-state index in [1.807, 2.05) is 26.0 Å². The molecule has 0 fully saturated rings. The Bertz CT molecular complexity index is 611. The largest absolute Gasteiger partial charge is 0.496 e. The molecule has 0 bridgehead atoms. The Morgan fingerprint density at radius 3 is 2.47 bits per heavy atom. The first kappa shape index (κ1) is 13.2. The molecule has 0 radical (unpaired) electrons. The highest BCUT2D eigenvalue weighted by Gasteiger charge is 2.09. The number of nitrogens with two attached hydrogens (primary N) is 1. The molecule has 0 saturated carbocycles. The van der Waals surface area contributed by atoms with E-state index in [-0.39, 0.29) is 5.69 Å². The second-order valence-corrected chi connectivity index (χ2v) is 4.39. The molecule has 0 saturated heterocycles. The third-order valence-corrected chi connectivity index (χ3v) is 3.28. The Morgan fingerprint density at radius 2 is 1.79 bits per heavy atom. The highest BCUT2D eigenvalue weighted by Crippen LogP contribution is 2.31. The van der Waals surface area contributed by atoms with Gasteiger partial charge in [-0.05, 0) is 49.2 Å². The van der Waals surface area contributed by atoms with Crippen molar-refractivity contribution in [3.05, 3.63) is 47.3 Å². The van der Waals surface area contributed by atoms with Gasteiger partial charge in [-0.25, -0.2) is 4.39 Å². The summed E-state index contributed by atoms with van der Waals surface area (Å²) in [5.74, 6) is 0.406. The average molecular weight is 260 g/mol. The molecule has 100 valence electrons. The third kappa shape index (κ3) is 2.47. The van der Waals surface area contributed by atoms with Crippen LogP contribution in [0.3, 0.4) is 0 Å². The van der Waals surface area contributed by atoms with E-state index in [0.717, 1.165) is 22.6 Å². The van der Waals surface area contributed by atoms with Gasteiger partial charge in [-0.3, -0.25) is 0 Å². The number of para-hydroxylation sites is 1. The van der Waals surface area contributed by atoms with Crippen molar-refractivity contribution in [3.63, 3.8) is 0 Å². The molecule has 0 atom stereocenters. The maximum absolute atomic E-state index is 13.4. The Morgan fingerprint density at radius 1 is 1.05 bits per heavy atom. The summed E-state index contributed by atoms with van der Waals surface area (Å²) in [7, 11) is 1.64. The highest BCUT2D eigenvalue weighted by molar-refractivity contribution is 5.75. The van der Waals surface area contributed by atoms with Gasteiger partial charge in [-0.15, -0.1) is 0 Å². The summed E-state index contributed by atoms with van der Waals surface area (Å²) in [5, 5.41) is 3.15. The number of nitrogen functional groups attached to an aromatic ring is 1. The monoisotopic (exact) mass is 260 g/mol. The van der Waals surface area contributed by atoms with Crippen molar-refractivity contribution in [2.45, 2.75) is 13.8 Å². The third-order valence-electron chi connectivity index (χ3n) is 3.28. The number of hydrogen-bond donors (Lipinski definition) is 2. The van der Waals surface area contributed by atoms with Crippen LogP contribution in [0.4, 0.5) is 21.5 Å². The second-order valence-electron chi connectivity index (χ2n) is 4.39. The quantitative estimate of drug-likeness (QED) is 0.826. The Kier molecular flexibility index (Phi) is 3.60. The zero-order valence-corrected chi connectivity index (χ0v) is 11.3. The van der Waals surface area contributed by atoms with Crippen LogP contribution in [0, 0.1) is 19.7 Å². The zero-order valence-electron chi connectivity index (χ0n) is 11.3. The van der Waals surface area contributed by atoms with Crippen LogP contribution in [-0.4, -0.2) is 7.11 Å². The summed E-state index contributed by atoms with van der Waals surface area (Å²) in [6, 6.07) is 8.48. The molecule has 0 spiro atoms. The molecular weight excluding hydrogens is 243 g/mol. The summed E-state index contributed by atoms with van der Waals surface area (Å²) < 4.78 is 18.7. The Labute approximate surface area is 112 Å². The van der Waals surface area contributed by atoms with Crippen LogP contribution < -0.4 is 15.8 Å². The molecule has 3 N–H and O–H groups in total. The van der Waals surface area contributed by atoms with Gasteiger partial charge in [-0.2, -0.15) is 0 Å². The van der Waals surface area contributed by atoms with Crippen LogP contribution in [0.1, 0.15) is 11.1 Å². The van der Waals surface area contributed by atoms with Gasteiger partial charge in [-0.1, -0.05) is 6.07 Å². The van der Waals surface area contributed by atoms with Crippen molar-refractivity contribution >= 4 is 17.1 Å². The van der Waals surface area contributed by atoms with Crippen LogP contribution >= 0.6 is 0 Å². The molecule has 0 unspecified atom stereocenters. The van der Waals surface area contributed by atoms with Gasteiger partial charge in [0.15, 0.2) is 0 Å². The first-order valence-corrected chi connectivity index (χ1v) is 5.99. The fourth-order valence-corrected chi connectivity index (χ4v) is 1.94. The fourth-order valence-electron chi connectivity index (χ4n) is 1.94. The summed E-state index contributed by atoms with van der Waals surface area (Å²) in [5.41, 5.74) is 9.37. The van der Waals surface area contributed by atoms with E-state index in [1.54, 1.807) is 19.2 Å². The van der Waals surface area contributed by atoms with Gasteiger partial charge < -0.3 is 15.8 Å². The number of rotatable bonds is 3. The molecular formula is C15H17FN2O. The first-order valence-electron chi connectivity index (χ1n) is 5.99. The van der Waals surface area contributed by atoms with Crippen LogP contribution in [0.25, 0.3) is 0 Å². The van der Waals surface area contributed by atoms with Crippen LogP contribution in [0.2, 0.25) is 0 Å². The van der Waals surface area contributed by atoms with Crippen LogP contribution in [0.15, 0.2) is 30.3 Å². The minimum absolute atomic E-state index is 0.121. The number of nitrogens with one attached hydrogen (secondary N) is 1. The Hall–Kier alpha value is -2.23. The van der Waals surface area contributed by atoms with E-state index >= 15 is 0 Å². The molecule has 2 aromatic rings. The van der Waals surface area contributed by atoms with Gasteiger partial charge in [0.1, 0.15) is 11.6 Å². The smallest absolute Gasteiger partial charge is 0.148 e. The topological polar surface area (TPSA) is 47.3 Å². The van der Waals surface area contributed by atoms with Crippen molar-refractivity contribution in [1.29, 1.82) is 0 Å². The predicted octanol–water partition coefficient (Wildman–Crippen LogP) is 3.78. The lowest BCUT2D eigenvalue weighted by molar-refractivity contribution is 0.411. The molecule has 0 aliphatic rings. The summed E-state index contributed by atoms with van der Waals surface area (Å²) in [6.07, 6.45) is 0. The van der Waals surface area contributed by atoms with Crippen molar-refractivity contribution in [2.24, 2.45) is 0 Å². The van der Waals surface area contributed by atoms with E-state index < -0.39 is 5.82 Å². The van der Waals surface area contributed by atoms with E-state index in [1.165, 1.54) is 6.07 Å². The summed E-state index contributed by atoms with van der Waals surface area (Å²) in [4.78, 5) is 0. The molecule has 3 nitrogen and oxygen atoms in total. The van der Waals surface area contributed by atoms with Crippen LogP contribution in [0.5, 0.6) is 5.75 Å². The average Bonchev–Trinajstić information content (AvgIpc) is 2.40. The van der Waals surface area contributed by atoms with Gasteiger partial charge in [0.2, 0.25) is 0 Å². The van der Waals surface area contributed by atoms with E-state index in [9.17, 15) is 4.39 Å².